The summed E-state index contributed by atoms with van der Waals surface area (Å²) in [4.78, 5) is 67.0. The van der Waals surface area contributed by atoms with E-state index >= 15 is 0 Å². The quantitative estimate of drug-likeness (QED) is 0.105. The summed E-state index contributed by atoms with van der Waals surface area (Å²) in [7, 11) is -9.70. The van der Waals surface area contributed by atoms with Gasteiger partial charge in [-0.2, -0.15) is 19.3 Å². The van der Waals surface area contributed by atoms with Crippen molar-refractivity contribution in [1.82, 2.24) is 29.1 Å². The second-order valence-electron chi connectivity index (χ2n) is 9.25. The zero-order valence-corrected chi connectivity index (χ0v) is 23.0. The first kappa shape index (κ1) is 30.7. The number of aliphatic hydroxyl groups is 2. The van der Waals surface area contributed by atoms with Gasteiger partial charge in [0.05, 0.1) is 12.9 Å². The molecule has 2 aliphatic rings. The molecule has 2 aliphatic heterocycles. The van der Waals surface area contributed by atoms with E-state index in [9.17, 15) is 29.4 Å². The minimum absolute atomic E-state index is 0.0604. The number of anilines is 2. The van der Waals surface area contributed by atoms with Gasteiger partial charge < -0.3 is 40.9 Å². The van der Waals surface area contributed by atoms with Gasteiger partial charge >= 0.3 is 21.7 Å². The van der Waals surface area contributed by atoms with Crippen LogP contribution in [0.5, 0.6) is 0 Å². The average Bonchev–Trinajstić information content (AvgIpc) is 3.58. The Balaban J connectivity index is 1.26. The van der Waals surface area contributed by atoms with Crippen LogP contribution in [0.1, 0.15) is 18.9 Å². The lowest BCUT2D eigenvalue weighted by molar-refractivity contribution is -0.0631. The molecule has 0 spiro atoms. The molecule has 21 nitrogen and oxygen atoms in total. The highest BCUT2D eigenvalue weighted by atomic mass is 31.2. The molecule has 0 unspecified atom stereocenters. The third kappa shape index (κ3) is 6.58. The van der Waals surface area contributed by atoms with Gasteiger partial charge in [-0.1, -0.05) is 0 Å². The summed E-state index contributed by atoms with van der Waals surface area (Å²) in [5.41, 5.74) is 10.9. The lowest BCUT2D eigenvalue weighted by atomic mass is 10.1. The van der Waals surface area contributed by atoms with Crippen molar-refractivity contribution in [2.45, 2.75) is 49.4 Å². The van der Waals surface area contributed by atoms with Crippen LogP contribution < -0.4 is 17.2 Å². The average molecular weight is 637 g/mol. The molecule has 3 aromatic rings. The van der Waals surface area contributed by atoms with Crippen LogP contribution in [0.3, 0.4) is 0 Å². The van der Waals surface area contributed by atoms with Gasteiger partial charge in [0.25, 0.3) is 0 Å². The molecular formula is C19H27N8O13P2+. The molecule has 5 rings (SSSR count). The van der Waals surface area contributed by atoms with Crippen LogP contribution in [0.2, 0.25) is 0 Å². The Morgan fingerprint density at radius 1 is 1.07 bits per heavy atom. The Bertz CT molecular complexity index is 1530. The number of imidazole rings is 1. The molecule has 2 saturated heterocycles. The Morgan fingerprint density at radius 2 is 1.83 bits per heavy atom. The fourth-order valence-electron chi connectivity index (χ4n) is 4.48. The predicted molar refractivity (Wildman–Crippen MR) is 137 cm³/mol. The summed E-state index contributed by atoms with van der Waals surface area (Å²) in [6.07, 6.45) is -5.80. The van der Waals surface area contributed by atoms with E-state index in [1.165, 1.54) is 29.5 Å². The van der Waals surface area contributed by atoms with Crippen LogP contribution in [0.25, 0.3) is 11.2 Å². The summed E-state index contributed by atoms with van der Waals surface area (Å²) < 4.78 is 39.8. The predicted octanol–water partition coefficient (Wildman–Crippen LogP) is -2.67. The number of aliphatic hydroxyl groups excluding tert-OH is 2. The van der Waals surface area contributed by atoms with Crippen molar-refractivity contribution in [1.29, 1.82) is 0 Å². The van der Waals surface area contributed by atoms with Crippen molar-refractivity contribution < 1.29 is 57.4 Å². The number of rotatable bonds is 10. The van der Waals surface area contributed by atoms with E-state index in [4.69, 9.17) is 39.8 Å². The first-order chi connectivity index (χ1) is 19.7. The Hall–Kier alpha value is -2.75. The summed E-state index contributed by atoms with van der Waals surface area (Å²) in [6.45, 7) is -1.44. The highest BCUT2D eigenvalue weighted by molar-refractivity contribution is 7.54. The number of phosphoric ester groups is 1. The molecule has 10 N–H and O–H groups in total. The summed E-state index contributed by atoms with van der Waals surface area (Å²) in [5.74, 6) is 0.0221. The molecule has 0 bridgehead atoms. The van der Waals surface area contributed by atoms with Crippen molar-refractivity contribution >= 4 is 38.8 Å². The molecule has 0 amide bonds. The summed E-state index contributed by atoms with van der Waals surface area (Å²) >= 11 is 0. The SMILES string of the molecule is Nc1ccn([C@H]2C[C@H](O[P+](O)(O)OC[C@H]3O[C@@H](n4cnc5c(N)ncnc54)[C@H](O)[C@@H]3O)[C@@H](COP(=O)(O)O)O2)c(=O)n1. The van der Waals surface area contributed by atoms with Crippen molar-refractivity contribution in [3.8, 4) is 0 Å². The first-order valence-corrected chi connectivity index (χ1v) is 15.1. The number of nitrogens with zero attached hydrogens (tertiary/aromatic N) is 6. The van der Waals surface area contributed by atoms with E-state index in [-0.39, 0.29) is 29.2 Å². The van der Waals surface area contributed by atoms with Crippen LogP contribution in [0.4, 0.5) is 11.6 Å². The molecule has 0 radical (unpaired) electrons. The number of nitrogen functional groups attached to an aromatic ring is 2. The number of ether oxygens (including phenoxy) is 2. The van der Waals surface area contributed by atoms with Gasteiger partial charge in [0.1, 0.15) is 61.0 Å². The molecule has 23 heteroatoms. The Labute approximate surface area is 235 Å². The molecule has 5 heterocycles. The molecule has 0 aromatic carbocycles. The van der Waals surface area contributed by atoms with Gasteiger partial charge in [-0.05, 0) is 6.07 Å². The maximum absolute atomic E-state index is 12.3. The molecule has 2 fully saturated rings. The number of nitrogens with two attached hydrogens (primary N) is 2. The van der Waals surface area contributed by atoms with Crippen LogP contribution in [-0.4, -0.2) is 103 Å². The van der Waals surface area contributed by atoms with Crippen molar-refractivity contribution in [2.24, 2.45) is 0 Å². The smallest absolute Gasteiger partial charge is 0.387 e. The number of hydrogen-bond donors (Lipinski definition) is 8. The normalized spacial score (nSPS) is 28.6. The van der Waals surface area contributed by atoms with Crippen LogP contribution in [-0.2, 0) is 27.6 Å². The highest BCUT2D eigenvalue weighted by Gasteiger charge is 2.52. The topological polar surface area (TPSA) is 315 Å². The third-order valence-corrected chi connectivity index (χ3v) is 7.94. The second-order valence-corrected chi connectivity index (χ2v) is 11.9. The summed E-state index contributed by atoms with van der Waals surface area (Å²) in [6, 6.07) is 1.31. The minimum Gasteiger partial charge on any atom is -0.387 e. The standard InChI is InChI=1S/C19H26N8O13P2/c20-11-1-2-26(19(30)25-11)12-3-8(9(38-12)4-36-41(31,32)33)40-42(34,35)37-5-10-14(28)15(29)18(39-10)27-7-24-13-16(21)22-6-23-17(13)27/h1-2,6-10,12,14-15,18,28-29,34-35H,3-5H2,(H5-,20,21,22,23,25,30,31,32,33)/p+1/t8-,9+,10+,12+,14+,15+,18+/m0/s1. The van der Waals surface area contributed by atoms with Crippen LogP contribution >= 0.6 is 16.0 Å². The first-order valence-electron chi connectivity index (χ1n) is 12.0. The van der Waals surface area contributed by atoms with E-state index < -0.39 is 77.9 Å². The molecule has 3 aromatic heterocycles. The third-order valence-electron chi connectivity index (χ3n) is 6.43. The summed E-state index contributed by atoms with van der Waals surface area (Å²) in [5, 5.41) is 21.1. The molecule has 230 valence electrons. The van der Waals surface area contributed by atoms with Crippen LogP contribution in [0.15, 0.2) is 29.7 Å². The fraction of sp³-hybridized carbons (Fsp3) is 0.526. The maximum atomic E-state index is 12.3. The zero-order chi connectivity index (χ0) is 30.4. The van der Waals surface area contributed by atoms with E-state index in [2.05, 4.69) is 24.5 Å². The van der Waals surface area contributed by atoms with Gasteiger partial charge in [0, 0.05) is 12.6 Å². The monoisotopic (exact) mass is 637 g/mol. The fourth-order valence-corrected chi connectivity index (χ4v) is 5.80. The van der Waals surface area contributed by atoms with Crippen molar-refractivity contribution in [3.63, 3.8) is 0 Å². The largest absolute Gasteiger partial charge is 0.570 e. The lowest BCUT2D eigenvalue weighted by Gasteiger charge is -2.20. The number of phosphoric acid groups is 1. The minimum atomic E-state index is -4.96. The van der Waals surface area contributed by atoms with E-state index in [0.29, 0.717) is 0 Å². The lowest BCUT2D eigenvalue weighted by Crippen LogP contribution is -2.34. The Kier molecular flexibility index (Phi) is 8.58. The molecule has 0 aliphatic carbocycles. The van der Waals surface area contributed by atoms with E-state index in [0.717, 1.165) is 4.57 Å². The number of hydrogen-bond acceptors (Lipinski definition) is 17. The Morgan fingerprint density at radius 3 is 2.55 bits per heavy atom. The highest BCUT2D eigenvalue weighted by Crippen LogP contribution is 2.56. The number of aromatic nitrogens is 6. The zero-order valence-electron chi connectivity index (χ0n) is 21.2. The molecular weight excluding hydrogens is 610 g/mol. The van der Waals surface area contributed by atoms with E-state index in [1.807, 2.05) is 0 Å². The van der Waals surface area contributed by atoms with Gasteiger partial charge in [0.2, 0.25) is 0 Å². The van der Waals surface area contributed by atoms with E-state index in [1.54, 1.807) is 0 Å². The maximum Gasteiger partial charge on any atom is 0.570 e. The number of fused-ring (bicyclic) bond motifs is 1. The molecule has 7 atom stereocenters. The van der Waals surface area contributed by atoms with Crippen molar-refractivity contribution in [2.75, 3.05) is 24.7 Å². The van der Waals surface area contributed by atoms with Gasteiger partial charge in [-0.25, -0.2) is 24.3 Å². The second kappa shape index (κ2) is 11.7. The van der Waals surface area contributed by atoms with Gasteiger partial charge in [-0.15, -0.1) is 4.52 Å². The van der Waals surface area contributed by atoms with Gasteiger partial charge in [-0.3, -0.25) is 13.7 Å². The molecule has 42 heavy (non-hydrogen) atoms. The molecule has 0 saturated carbocycles. The van der Waals surface area contributed by atoms with Crippen molar-refractivity contribution in [3.05, 3.63) is 35.4 Å². The van der Waals surface area contributed by atoms with Crippen LogP contribution in [0, 0.1) is 0 Å². The van der Waals surface area contributed by atoms with Gasteiger partial charge in [0.15, 0.2) is 17.7 Å².